The quantitative estimate of drug-likeness (QED) is 0.835. The molecule has 2 N–H and O–H groups in total. The number of hydrogen-bond acceptors (Lipinski definition) is 4. The van der Waals surface area contributed by atoms with Gasteiger partial charge in [0, 0.05) is 51.9 Å². The van der Waals surface area contributed by atoms with E-state index in [1.165, 1.54) is 12.0 Å². The minimum atomic E-state index is 0.131. The van der Waals surface area contributed by atoms with Crippen molar-refractivity contribution in [2.75, 3.05) is 45.8 Å². The monoisotopic (exact) mass is 316 g/mol. The molecule has 126 valence electrons. The number of nitrogens with one attached hydrogen (secondary N) is 2. The molecular weight excluding hydrogens is 288 g/mol. The predicted octanol–water partition coefficient (Wildman–Crippen LogP) is 0.591. The van der Waals surface area contributed by atoms with Crippen LogP contribution in [0.5, 0.6) is 0 Å². The minimum absolute atomic E-state index is 0.131. The van der Waals surface area contributed by atoms with Crippen molar-refractivity contribution in [1.29, 1.82) is 0 Å². The number of amides is 1. The molecule has 2 aliphatic rings. The Morgan fingerprint density at radius 1 is 1.22 bits per heavy atom. The molecule has 3 rings (SSSR count). The molecule has 1 amide bonds. The fourth-order valence-electron chi connectivity index (χ4n) is 3.47. The van der Waals surface area contributed by atoms with Gasteiger partial charge in [-0.3, -0.25) is 14.6 Å². The van der Waals surface area contributed by atoms with E-state index in [4.69, 9.17) is 0 Å². The fraction of sp³-hybridized carbons (Fsp3) is 0.611. The summed E-state index contributed by atoms with van der Waals surface area (Å²) in [5.74, 6) is 0.131. The van der Waals surface area contributed by atoms with Crippen LogP contribution in [0.3, 0.4) is 0 Å². The van der Waals surface area contributed by atoms with Crippen LogP contribution in [0.4, 0.5) is 0 Å². The molecule has 5 heteroatoms. The molecule has 2 aliphatic heterocycles. The van der Waals surface area contributed by atoms with E-state index < -0.39 is 0 Å². The highest BCUT2D eigenvalue weighted by Crippen LogP contribution is 2.15. The van der Waals surface area contributed by atoms with Gasteiger partial charge in [0.2, 0.25) is 5.91 Å². The maximum absolute atomic E-state index is 12.1. The van der Waals surface area contributed by atoms with Gasteiger partial charge in [0.15, 0.2) is 0 Å². The van der Waals surface area contributed by atoms with Crippen LogP contribution in [0, 0.1) is 6.92 Å². The number of aryl methyl sites for hydroxylation is 1. The first kappa shape index (κ1) is 16.4. The average molecular weight is 316 g/mol. The Balaban J connectivity index is 1.39. The average Bonchev–Trinajstić information content (AvgIpc) is 3.04. The van der Waals surface area contributed by atoms with Crippen LogP contribution in [0.2, 0.25) is 0 Å². The van der Waals surface area contributed by atoms with Gasteiger partial charge in [0.25, 0.3) is 0 Å². The van der Waals surface area contributed by atoms with Crippen LogP contribution in [-0.2, 0) is 11.3 Å². The molecule has 5 nitrogen and oxygen atoms in total. The smallest absolute Gasteiger partial charge is 0.234 e. The van der Waals surface area contributed by atoms with Crippen molar-refractivity contribution in [2.24, 2.45) is 0 Å². The van der Waals surface area contributed by atoms with Gasteiger partial charge >= 0.3 is 0 Å². The second-order valence-corrected chi connectivity index (χ2v) is 6.73. The van der Waals surface area contributed by atoms with Crippen LogP contribution in [0.1, 0.15) is 17.5 Å². The topological polar surface area (TPSA) is 47.6 Å². The van der Waals surface area contributed by atoms with Crippen molar-refractivity contribution in [2.45, 2.75) is 25.9 Å². The van der Waals surface area contributed by atoms with Gasteiger partial charge in [-0.15, -0.1) is 0 Å². The Hall–Kier alpha value is -1.43. The predicted molar refractivity (Wildman–Crippen MR) is 92.3 cm³/mol. The number of benzene rings is 1. The van der Waals surface area contributed by atoms with Crippen molar-refractivity contribution in [1.82, 2.24) is 20.4 Å². The third kappa shape index (κ3) is 4.77. The molecule has 1 atom stereocenters. The SMILES string of the molecule is Cc1ccc(CNC(=O)CN2CCC(N3CCNCC3)C2)cc1. The summed E-state index contributed by atoms with van der Waals surface area (Å²) in [4.78, 5) is 17.0. The van der Waals surface area contributed by atoms with Crippen molar-refractivity contribution in [3.05, 3.63) is 35.4 Å². The Bertz CT molecular complexity index is 510. The number of piperazine rings is 1. The molecule has 0 bridgehead atoms. The highest BCUT2D eigenvalue weighted by atomic mass is 16.2. The van der Waals surface area contributed by atoms with E-state index in [-0.39, 0.29) is 5.91 Å². The largest absolute Gasteiger partial charge is 0.351 e. The van der Waals surface area contributed by atoms with Gasteiger partial charge in [-0.05, 0) is 18.9 Å². The second kappa shape index (κ2) is 7.90. The lowest BCUT2D eigenvalue weighted by Crippen LogP contribution is -2.49. The van der Waals surface area contributed by atoms with Crippen molar-refractivity contribution < 1.29 is 4.79 Å². The van der Waals surface area contributed by atoms with Crippen molar-refractivity contribution in [3.8, 4) is 0 Å². The third-order valence-electron chi connectivity index (χ3n) is 4.89. The summed E-state index contributed by atoms with van der Waals surface area (Å²) in [5, 5.41) is 6.43. The first-order valence-corrected chi connectivity index (χ1v) is 8.70. The molecule has 0 aromatic heterocycles. The summed E-state index contributed by atoms with van der Waals surface area (Å²) in [7, 11) is 0. The zero-order chi connectivity index (χ0) is 16.1. The van der Waals surface area contributed by atoms with E-state index in [9.17, 15) is 4.79 Å². The van der Waals surface area contributed by atoms with Crippen LogP contribution >= 0.6 is 0 Å². The van der Waals surface area contributed by atoms with Crippen LogP contribution in [0.25, 0.3) is 0 Å². The number of nitrogens with zero attached hydrogens (tertiary/aromatic N) is 2. The van der Waals surface area contributed by atoms with Gasteiger partial charge in [0.05, 0.1) is 6.54 Å². The van der Waals surface area contributed by atoms with E-state index in [0.717, 1.165) is 44.8 Å². The van der Waals surface area contributed by atoms with E-state index in [1.54, 1.807) is 0 Å². The summed E-state index contributed by atoms with van der Waals surface area (Å²) in [6.45, 7) is 9.73. The number of rotatable bonds is 5. The van der Waals surface area contributed by atoms with Gasteiger partial charge < -0.3 is 10.6 Å². The number of carbonyl (C=O) groups is 1. The number of hydrogen-bond donors (Lipinski definition) is 2. The minimum Gasteiger partial charge on any atom is -0.351 e. The first-order valence-electron chi connectivity index (χ1n) is 8.70. The second-order valence-electron chi connectivity index (χ2n) is 6.73. The maximum Gasteiger partial charge on any atom is 0.234 e. The third-order valence-corrected chi connectivity index (χ3v) is 4.89. The van der Waals surface area contributed by atoms with Crippen LogP contribution in [-0.4, -0.2) is 67.6 Å². The molecule has 0 aliphatic carbocycles. The van der Waals surface area contributed by atoms with Gasteiger partial charge in [-0.1, -0.05) is 29.8 Å². The zero-order valence-electron chi connectivity index (χ0n) is 14.1. The van der Waals surface area contributed by atoms with E-state index in [2.05, 4.69) is 51.6 Å². The van der Waals surface area contributed by atoms with Gasteiger partial charge in [0.1, 0.15) is 0 Å². The highest BCUT2D eigenvalue weighted by Gasteiger charge is 2.29. The number of likely N-dealkylation sites (tertiary alicyclic amines) is 1. The van der Waals surface area contributed by atoms with Gasteiger partial charge in [-0.2, -0.15) is 0 Å². The highest BCUT2D eigenvalue weighted by molar-refractivity contribution is 5.78. The van der Waals surface area contributed by atoms with E-state index >= 15 is 0 Å². The van der Waals surface area contributed by atoms with Gasteiger partial charge in [-0.25, -0.2) is 0 Å². The van der Waals surface area contributed by atoms with Crippen molar-refractivity contribution >= 4 is 5.91 Å². The molecule has 0 radical (unpaired) electrons. The normalized spacial score (nSPS) is 23.1. The number of carbonyl (C=O) groups excluding carboxylic acids is 1. The Morgan fingerprint density at radius 3 is 2.70 bits per heavy atom. The molecule has 0 spiro atoms. The molecule has 2 heterocycles. The summed E-state index contributed by atoms with van der Waals surface area (Å²) >= 11 is 0. The molecular formula is C18H28N4O. The Morgan fingerprint density at radius 2 is 1.96 bits per heavy atom. The lowest BCUT2D eigenvalue weighted by Gasteiger charge is -2.32. The molecule has 1 aromatic rings. The lowest BCUT2D eigenvalue weighted by atomic mass is 10.1. The molecule has 23 heavy (non-hydrogen) atoms. The standard InChI is InChI=1S/C18H28N4O/c1-15-2-4-16(5-3-15)12-20-18(23)14-21-9-6-17(13-21)22-10-7-19-8-11-22/h2-5,17,19H,6-14H2,1H3,(H,20,23). The summed E-state index contributed by atoms with van der Waals surface area (Å²) in [5.41, 5.74) is 2.40. The maximum atomic E-state index is 12.1. The summed E-state index contributed by atoms with van der Waals surface area (Å²) in [6.07, 6.45) is 1.19. The summed E-state index contributed by atoms with van der Waals surface area (Å²) in [6, 6.07) is 8.94. The fourth-order valence-corrected chi connectivity index (χ4v) is 3.47. The zero-order valence-corrected chi connectivity index (χ0v) is 14.1. The van der Waals surface area contributed by atoms with E-state index in [1.807, 2.05) is 0 Å². The van der Waals surface area contributed by atoms with Crippen molar-refractivity contribution in [3.63, 3.8) is 0 Å². The Kier molecular flexibility index (Phi) is 5.65. The molecule has 1 unspecified atom stereocenters. The lowest BCUT2D eigenvalue weighted by molar-refractivity contribution is -0.122. The van der Waals surface area contributed by atoms with Crippen LogP contribution in [0.15, 0.2) is 24.3 Å². The van der Waals surface area contributed by atoms with E-state index in [0.29, 0.717) is 19.1 Å². The summed E-state index contributed by atoms with van der Waals surface area (Å²) < 4.78 is 0. The van der Waals surface area contributed by atoms with Crippen LogP contribution < -0.4 is 10.6 Å². The Labute approximate surface area is 139 Å². The molecule has 2 saturated heterocycles. The molecule has 1 aromatic carbocycles. The molecule has 2 fully saturated rings. The first-order chi connectivity index (χ1) is 11.2. The molecule has 0 saturated carbocycles.